The minimum Gasteiger partial charge on any atom is -0.444 e. The number of ether oxygens (including phenoxy) is 1. The molecule has 31 heavy (non-hydrogen) atoms. The molecule has 2 aromatic rings. The van der Waals surface area contributed by atoms with Gasteiger partial charge in [-0.3, -0.25) is 4.79 Å². The van der Waals surface area contributed by atoms with E-state index in [4.69, 9.17) is 9.15 Å². The number of rotatable bonds is 6. The summed E-state index contributed by atoms with van der Waals surface area (Å²) < 4.78 is 24.1. The normalized spacial score (nSPS) is 17.5. The Kier molecular flexibility index (Phi) is 6.97. The molecule has 8 heteroatoms. The summed E-state index contributed by atoms with van der Waals surface area (Å²) in [5.74, 6) is 0.930. The van der Waals surface area contributed by atoms with Crippen molar-refractivity contribution in [2.45, 2.75) is 58.6 Å². The van der Waals surface area contributed by atoms with Crippen LogP contribution in [0.5, 0.6) is 0 Å². The van der Waals surface area contributed by atoms with Gasteiger partial charge in [0.25, 0.3) is 0 Å². The molecule has 2 heterocycles. The Balaban J connectivity index is 1.45. The molecule has 0 aliphatic carbocycles. The van der Waals surface area contributed by atoms with Crippen molar-refractivity contribution in [2.75, 3.05) is 13.1 Å². The summed E-state index contributed by atoms with van der Waals surface area (Å²) in [4.78, 5) is 30.6. The number of nitrogens with zero attached hydrogens (tertiary/aromatic N) is 2. The molecule has 1 saturated heterocycles. The smallest absolute Gasteiger partial charge is 0.407 e. The number of amides is 2. The number of carbonyl (C=O) groups excluding carboxylic acids is 2. The highest BCUT2D eigenvalue weighted by atomic mass is 19.1. The molecule has 7 nitrogen and oxygen atoms in total. The van der Waals surface area contributed by atoms with Crippen molar-refractivity contribution in [3.63, 3.8) is 0 Å². The Labute approximate surface area is 182 Å². The largest absolute Gasteiger partial charge is 0.444 e. The SMILES string of the molecule is C[C@@H](NC(=O)OC(C)(C)C)[C@H]1CCN(C(=O)CCc2ncc(-c3ccc(F)cc3)o2)C1. The van der Waals surface area contributed by atoms with Gasteiger partial charge < -0.3 is 19.4 Å². The third-order valence-corrected chi connectivity index (χ3v) is 5.26. The Morgan fingerprint density at radius 3 is 2.71 bits per heavy atom. The topological polar surface area (TPSA) is 84.7 Å². The third kappa shape index (κ3) is 6.54. The lowest BCUT2D eigenvalue weighted by Crippen LogP contribution is -2.42. The zero-order valence-corrected chi connectivity index (χ0v) is 18.5. The molecule has 0 saturated carbocycles. The number of alkyl carbamates (subject to hydrolysis) is 1. The van der Waals surface area contributed by atoms with Crippen LogP contribution in [0.4, 0.5) is 9.18 Å². The van der Waals surface area contributed by atoms with Gasteiger partial charge in [-0.25, -0.2) is 14.2 Å². The van der Waals surface area contributed by atoms with Crippen LogP contribution in [-0.4, -0.2) is 46.6 Å². The van der Waals surface area contributed by atoms with Crippen LogP contribution in [0.1, 0.15) is 46.4 Å². The molecule has 0 spiro atoms. The van der Waals surface area contributed by atoms with Crippen LogP contribution in [0.15, 0.2) is 34.9 Å². The first-order chi connectivity index (χ1) is 14.6. The molecule has 1 fully saturated rings. The van der Waals surface area contributed by atoms with Crippen molar-refractivity contribution in [3.8, 4) is 11.3 Å². The maximum atomic E-state index is 13.1. The minimum atomic E-state index is -0.544. The van der Waals surface area contributed by atoms with E-state index >= 15 is 0 Å². The zero-order valence-electron chi connectivity index (χ0n) is 18.5. The molecule has 1 aromatic carbocycles. The Bertz CT molecular complexity index is 904. The van der Waals surface area contributed by atoms with Crippen LogP contribution in [-0.2, 0) is 16.0 Å². The van der Waals surface area contributed by atoms with Crippen LogP contribution in [0.3, 0.4) is 0 Å². The van der Waals surface area contributed by atoms with Crippen molar-refractivity contribution in [3.05, 3.63) is 42.2 Å². The average Bonchev–Trinajstić information content (AvgIpc) is 3.35. The van der Waals surface area contributed by atoms with Gasteiger partial charge in [0.1, 0.15) is 11.4 Å². The fraction of sp³-hybridized carbons (Fsp3) is 0.522. The van der Waals surface area contributed by atoms with Gasteiger partial charge in [-0.1, -0.05) is 0 Å². The fourth-order valence-corrected chi connectivity index (χ4v) is 3.58. The number of likely N-dealkylation sites (tertiary alicyclic amines) is 1. The Morgan fingerprint density at radius 1 is 1.32 bits per heavy atom. The molecule has 0 unspecified atom stereocenters. The monoisotopic (exact) mass is 431 g/mol. The van der Waals surface area contributed by atoms with Gasteiger partial charge in [0.05, 0.1) is 6.20 Å². The van der Waals surface area contributed by atoms with E-state index in [0.29, 0.717) is 37.6 Å². The first-order valence-corrected chi connectivity index (χ1v) is 10.6. The van der Waals surface area contributed by atoms with Crippen molar-refractivity contribution < 1.29 is 23.1 Å². The molecule has 0 bridgehead atoms. The molecule has 1 aromatic heterocycles. The summed E-state index contributed by atoms with van der Waals surface area (Å²) in [5, 5.41) is 2.87. The van der Waals surface area contributed by atoms with Gasteiger partial charge in [-0.15, -0.1) is 0 Å². The zero-order chi connectivity index (χ0) is 22.6. The Hall–Kier alpha value is -2.90. The van der Waals surface area contributed by atoms with E-state index in [2.05, 4.69) is 10.3 Å². The van der Waals surface area contributed by atoms with Crippen molar-refractivity contribution >= 4 is 12.0 Å². The number of carbonyl (C=O) groups is 2. The van der Waals surface area contributed by atoms with Crippen molar-refractivity contribution in [1.82, 2.24) is 15.2 Å². The number of oxazole rings is 1. The molecule has 1 aliphatic heterocycles. The summed E-state index contributed by atoms with van der Waals surface area (Å²) in [7, 11) is 0. The number of aromatic nitrogens is 1. The predicted octanol–water partition coefficient (Wildman–Crippen LogP) is 4.18. The second-order valence-corrected chi connectivity index (χ2v) is 8.95. The number of hydrogen-bond acceptors (Lipinski definition) is 5. The van der Waals surface area contributed by atoms with E-state index in [1.807, 2.05) is 32.6 Å². The highest BCUT2D eigenvalue weighted by Crippen LogP contribution is 2.23. The molecule has 2 atom stereocenters. The lowest BCUT2D eigenvalue weighted by Gasteiger charge is -2.25. The highest BCUT2D eigenvalue weighted by Gasteiger charge is 2.31. The number of halogens is 1. The van der Waals surface area contributed by atoms with Crippen molar-refractivity contribution in [1.29, 1.82) is 0 Å². The standard InChI is InChI=1S/C23H30FN3O4/c1-15(26-22(29)31-23(2,3)4)17-11-12-27(14-17)21(28)10-9-20-25-13-19(30-20)16-5-7-18(24)8-6-16/h5-8,13,15,17H,9-12,14H2,1-4H3,(H,26,29)/t15-,17+/m1/s1. The lowest BCUT2D eigenvalue weighted by atomic mass is 10.0. The summed E-state index contributed by atoms with van der Waals surface area (Å²) in [6.45, 7) is 8.67. The van der Waals surface area contributed by atoms with Crippen molar-refractivity contribution in [2.24, 2.45) is 5.92 Å². The summed E-state index contributed by atoms with van der Waals surface area (Å²) in [6, 6.07) is 5.90. The maximum Gasteiger partial charge on any atom is 0.407 e. The van der Waals surface area contributed by atoms with Gasteiger partial charge >= 0.3 is 6.09 Å². The maximum absolute atomic E-state index is 13.1. The quantitative estimate of drug-likeness (QED) is 0.742. The van der Waals surface area contributed by atoms with Crippen LogP contribution >= 0.6 is 0 Å². The molecular formula is C23H30FN3O4. The summed E-state index contributed by atoms with van der Waals surface area (Å²) in [6.07, 6.45) is 2.67. The first-order valence-electron chi connectivity index (χ1n) is 10.6. The van der Waals surface area contributed by atoms with Crippen LogP contribution in [0.25, 0.3) is 11.3 Å². The molecule has 3 rings (SSSR count). The first kappa shape index (κ1) is 22.8. The molecule has 2 amide bonds. The Morgan fingerprint density at radius 2 is 2.03 bits per heavy atom. The second kappa shape index (κ2) is 9.49. The van der Waals surface area contributed by atoms with E-state index in [1.54, 1.807) is 18.3 Å². The number of aryl methyl sites for hydroxylation is 1. The van der Waals surface area contributed by atoms with Gasteiger partial charge in [-0.05, 0) is 64.3 Å². The van der Waals surface area contributed by atoms with Gasteiger partial charge in [0, 0.05) is 37.5 Å². The number of benzene rings is 1. The van der Waals surface area contributed by atoms with Crippen LogP contribution in [0.2, 0.25) is 0 Å². The van der Waals surface area contributed by atoms with E-state index in [1.165, 1.54) is 12.1 Å². The van der Waals surface area contributed by atoms with Gasteiger partial charge in [0.15, 0.2) is 11.7 Å². The van der Waals surface area contributed by atoms with Gasteiger partial charge in [-0.2, -0.15) is 0 Å². The molecular weight excluding hydrogens is 401 g/mol. The average molecular weight is 432 g/mol. The molecule has 168 valence electrons. The van der Waals surface area contributed by atoms with E-state index < -0.39 is 11.7 Å². The molecule has 0 radical (unpaired) electrons. The number of nitrogens with one attached hydrogen (secondary N) is 1. The van der Waals surface area contributed by atoms with Crippen LogP contribution < -0.4 is 5.32 Å². The van der Waals surface area contributed by atoms with Crippen LogP contribution in [0, 0.1) is 11.7 Å². The van der Waals surface area contributed by atoms with E-state index in [9.17, 15) is 14.0 Å². The molecule has 1 N–H and O–H groups in total. The summed E-state index contributed by atoms with van der Waals surface area (Å²) >= 11 is 0. The minimum absolute atomic E-state index is 0.0356. The number of hydrogen-bond donors (Lipinski definition) is 1. The van der Waals surface area contributed by atoms with Gasteiger partial charge in [0.2, 0.25) is 5.91 Å². The third-order valence-electron chi connectivity index (χ3n) is 5.26. The van der Waals surface area contributed by atoms with E-state index in [-0.39, 0.29) is 23.7 Å². The lowest BCUT2D eigenvalue weighted by molar-refractivity contribution is -0.130. The highest BCUT2D eigenvalue weighted by molar-refractivity contribution is 5.76. The second-order valence-electron chi connectivity index (χ2n) is 8.95. The predicted molar refractivity (Wildman–Crippen MR) is 114 cm³/mol. The van der Waals surface area contributed by atoms with E-state index in [0.717, 1.165) is 12.0 Å². The fourth-order valence-electron chi connectivity index (χ4n) is 3.58. The molecule has 1 aliphatic rings. The summed E-state index contributed by atoms with van der Waals surface area (Å²) in [5.41, 5.74) is 0.193.